The van der Waals surface area contributed by atoms with Gasteiger partial charge in [0.15, 0.2) is 0 Å². The maximum atomic E-state index is 12.2. The van der Waals surface area contributed by atoms with Crippen LogP contribution in [0.25, 0.3) is 0 Å². The van der Waals surface area contributed by atoms with E-state index in [1.807, 2.05) is 0 Å². The van der Waals surface area contributed by atoms with Crippen LogP contribution in [0.4, 0.5) is 13.2 Å². The molecule has 114 valence electrons. The zero-order chi connectivity index (χ0) is 16.0. The molecule has 0 spiro atoms. The monoisotopic (exact) mass is 299 g/mol. The molecule has 0 bridgehead atoms. The number of carbonyl (C=O) groups excluding carboxylic acids is 1. The summed E-state index contributed by atoms with van der Waals surface area (Å²) in [4.78, 5) is 12.0. The number of alkyl halides is 3. The number of amides is 1. The maximum Gasteiger partial charge on any atom is 0.391 e. The zero-order valence-corrected chi connectivity index (χ0v) is 11.7. The molecule has 1 amide bonds. The van der Waals surface area contributed by atoms with Gasteiger partial charge in [-0.15, -0.1) is 0 Å². The smallest absolute Gasteiger partial charge is 0.384 e. The minimum atomic E-state index is -4.32. The molecule has 2 N–H and O–H groups in total. The van der Waals surface area contributed by atoms with Crippen molar-refractivity contribution in [2.75, 3.05) is 6.61 Å². The Balaban J connectivity index is 2.86. The van der Waals surface area contributed by atoms with Crippen LogP contribution in [0.5, 0.6) is 0 Å². The minimum absolute atomic E-state index is 0.272. The fourth-order valence-corrected chi connectivity index (χ4v) is 1.79. The van der Waals surface area contributed by atoms with E-state index in [1.54, 1.807) is 19.1 Å². The van der Waals surface area contributed by atoms with E-state index in [0.29, 0.717) is 11.1 Å². The molecule has 0 aromatic heterocycles. The molecule has 1 aromatic rings. The molecule has 0 aliphatic rings. The summed E-state index contributed by atoms with van der Waals surface area (Å²) < 4.78 is 36.7. The Kier molecular flexibility index (Phi) is 5.79. The summed E-state index contributed by atoms with van der Waals surface area (Å²) in [6.45, 7) is 2.68. The number of aliphatic hydroxyl groups is 1. The number of hydrogen-bond acceptors (Lipinski definition) is 2. The molecule has 0 aliphatic heterocycles. The van der Waals surface area contributed by atoms with Crippen LogP contribution >= 0.6 is 0 Å². The van der Waals surface area contributed by atoms with E-state index in [1.165, 1.54) is 13.0 Å². The molecule has 21 heavy (non-hydrogen) atoms. The Morgan fingerprint density at radius 3 is 2.67 bits per heavy atom. The van der Waals surface area contributed by atoms with E-state index >= 15 is 0 Å². The largest absolute Gasteiger partial charge is 0.391 e. The number of carbonyl (C=O) groups is 1. The molecular formula is C15H16F3NO2. The van der Waals surface area contributed by atoms with Crippen LogP contribution in [0.3, 0.4) is 0 Å². The van der Waals surface area contributed by atoms with Crippen LogP contribution in [0.1, 0.15) is 34.8 Å². The van der Waals surface area contributed by atoms with Crippen LogP contribution in [0.2, 0.25) is 0 Å². The highest BCUT2D eigenvalue weighted by molar-refractivity contribution is 5.96. The van der Waals surface area contributed by atoms with Gasteiger partial charge in [-0.3, -0.25) is 4.79 Å². The summed E-state index contributed by atoms with van der Waals surface area (Å²) in [6.07, 6.45) is -5.40. The number of hydrogen-bond donors (Lipinski definition) is 2. The fraction of sp³-hybridized carbons (Fsp3) is 0.400. The summed E-state index contributed by atoms with van der Waals surface area (Å²) in [5.74, 6) is 4.52. The predicted molar refractivity (Wildman–Crippen MR) is 72.7 cm³/mol. The molecule has 0 saturated carbocycles. The quantitative estimate of drug-likeness (QED) is 0.842. The van der Waals surface area contributed by atoms with Gasteiger partial charge >= 0.3 is 6.18 Å². The molecule has 1 atom stereocenters. The number of rotatable bonds is 3. The molecule has 1 rings (SSSR count). The third-order valence-corrected chi connectivity index (χ3v) is 2.71. The van der Waals surface area contributed by atoms with Crippen LogP contribution in [0.15, 0.2) is 18.2 Å². The average Bonchev–Trinajstić information content (AvgIpc) is 2.35. The molecule has 0 heterocycles. The fourth-order valence-electron chi connectivity index (χ4n) is 1.79. The predicted octanol–water partition coefficient (Wildman–Crippen LogP) is 2.41. The first kappa shape index (κ1) is 17.1. The van der Waals surface area contributed by atoms with Crippen molar-refractivity contribution in [3.63, 3.8) is 0 Å². The van der Waals surface area contributed by atoms with Crippen molar-refractivity contribution in [2.45, 2.75) is 32.5 Å². The molecule has 1 aromatic carbocycles. The van der Waals surface area contributed by atoms with Gasteiger partial charge in [0.05, 0.1) is 6.42 Å². The van der Waals surface area contributed by atoms with Gasteiger partial charge in [-0.05, 0) is 31.5 Å². The van der Waals surface area contributed by atoms with Crippen molar-refractivity contribution in [2.24, 2.45) is 0 Å². The summed E-state index contributed by atoms with van der Waals surface area (Å²) in [7, 11) is 0. The van der Waals surface area contributed by atoms with Crippen molar-refractivity contribution in [1.29, 1.82) is 0 Å². The Morgan fingerprint density at radius 2 is 2.10 bits per heavy atom. The van der Waals surface area contributed by atoms with E-state index in [0.717, 1.165) is 0 Å². The highest BCUT2D eigenvalue weighted by Crippen LogP contribution is 2.21. The first-order valence-electron chi connectivity index (χ1n) is 6.31. The van der Waals surface area contributed by atoms with Crippen LogP contribution in [0, 0.1) is 18.8 Å². The Bertz CT molecular complexity index is 571. The van der Waals surface area contributed by atoms with Crippen molar-refractivity contribution in [3.8, 4) is 11.8 Å². The summed E-state index contributed by atoms with van der Waals surface area (Å²) in [5.41, 5.74) is 1.43. The topological polar surface area (TPSA) is 49.3 Å². The normalized spacial score (nSPS) is 12.3. The third kappa shape index (κ3) is 5.88. The van der Waals surface area contributed by atoms with Gasteiger partial charge in [-0.2, -0.15) is 13.2 Å². The lowest BCUT2D eigenvalue weighted by Gasteiger charge is -2.16. The van der Waals surface area contributed by atoms with E-state index in [9.17, 15) is 18.0 Å². The SMILES string of the molecule is Cc1ccc(C#CCO)cc1C(=O)NC(C)CC(F)(F)F. The van der Waals surface area contributed by atoms with Gasteiger partial charge in [-0.25, -0.2) is 0 Å². The second-order valence-electron chi connectivity index (χ2n) is 4.68. The standard InChI is InChI=1S/C15H16F3NO2/c1-10-5-6-12(4-3-7-20)8-13(10)14(21)19-11(2)9-15(16,17)18/h5-6,8,11,20H,7,9H2,1-2H3,(H,19,21). The molecule has 0 aliphatic carbocycles. The molecular weight excluding hydrogens is 283 g/mol. The highest BCUT2D eigenvalue weighted by atomic mass is 19.4. The number of halogens is 3. The molecule has 1 unspecified atom stereocenters. The van der Waals surface area contributed by atoms with E-state index in [2.05, 4.69) is 17.2 Å². The summed E-state index contributed by atoms with van der Waals surface area (Å²) >= 11 is 0. The second kappa shape index (κ2) is 7.14. The van der Waals surface area contributed by atoms with Crippen molar-refractivity contribution >= 4 is 5.91 Å². The summed E-state index contributed by atoms with van der Waals surface area (Å²) in [6, 6.07) is 3.82. The van der Waals surface area contributed by atoms with E-state index in [4.69, 9.17) is 5.11 Å². The molecule has 3 nitrogen and oxygen atoms in total. The summed E-state index contributed by atoms with van der Waals surface area (Å²) in [5, 5.41) is 10.9. The molecule has 0 fully saturated rings. The molecule has 6 heteroatoms. The van der Waals surface area contributed by atoms with Crippen LogP contribution < -0.4 is 5.32 Å². The van der Waals surface area contributed by atoms with E-state index < -0.39 is 24.5 Å². The Labute approximate surface area is 121 Å². The van der Waals surface area contributed by atoms with Gasteiger partial charge in [0.25, 0.3) is 5.91 Å². The number of nitrogens with one attached hydrogen (secondary N) is 1. The average molecular weight is 299 g/mol. The van der Waals surface area contributed by atoms with Crippen molar-refractivity contribution in [3.05, 3.63) is 34.9 Å². The first-order chi connectivity index (χ1) is 9.73. The van der Waals surface area contributed by atoms with Gasteiger partial charge in [0.2, 0.25) is 0 Å². The van der Waals surface area contributed by atoms with Crippen molar-refractivity contribution < 1.29 is 23.1 Å². The lowest BCUT2D eigenvalue weighted by molar-refractivity contribution is -0.138. The molecule has 0 saturated heterocycles. The number of aryl methyl sites for hydroxylation is 1. The van der Waals surface area contributed by atoms with Gasteiger partial charge in [-0.1, -0.05) is 17.9 Å². The lowest BCUT2D eigenvalue weighted by Crippen LogP contribution is -2.36. The number of aliphatic hydroxyl groups excluding tert-OH is 1. The highest BCUT2D eigenvalue weighted by Gasteiger charge is 2.30. The first-order valence-corrected chi connectivity index (χ1v) is 6.31. The van der Waals surface area contributed by atoms with Gasteiger partial charge in [0, 0.05) is 17.2 Å². The van der Waals surface area contributed by atoms with Crippen molar-refractivity contribution in [1.82, 2.24) is 5.32 Å². The second-order valence-corrected chi connectivity index (χ2v) is 4.68. The van der Waals surface area contributed by atoms with Gasteiger partial charge in [0.1, 0.15) is 6.61 Å². The maximum absolute atomic E-state index is 12.2. The zero-order valence-electron chi connectivity index (χ0n) is 11.7. The number of benzene rings is 1. The Hall–Kier alpha value is -2.00. The van der Waals surface area contributed by atoms with Gasteiger partial charge < -0.3 is 10.4 Å². The third-order valence-electron chi connectivity index (χ3n) is 2.71. The minimum Gasteiger partial charge on any atom is -0.384 e. The molecule has 0 radical (unpaired) electrons. The lowest BCUT2D eigenvalue weighted by atomic mass is 10.0. The van der Waals surface area contributed by atoms with Crippen LogP contribution in [-0.4, -0.2) is 29.8 Å². The van der Waals surface area contributed by atoms with Crippen LogP contribution in [-0.2, 0) is 0 Å². The van der Waals surface area contributed by atoms with E-state index in [-0.39, 0.29) is 12.2 Å². The Morgan fingerprint density at radius 1 is 1.43 bits per heavy atom.